The van der Waals surface area contributed by atoms with Crippen molar-refractivity contribution in [1.82, 2.24) is 9.97 Å². The summed E-state index contributed by atoms with van der Waals surface area (Å²) in [7, 11) is 0. The number of halogens is 1. The van der Waals surface area contributed by atoms with Gasteiger partial charge in [-0.25, -0.2) is 9.18 Å². The Balaban J connectivity index is 2.71. The number of H-pyrrole nitrogens is 1. The summed E-state index contributed by atoms with van der Waals surface area (Å²) in [6.45, 7) is 3.55. The highest BCUT2D eigenvalue weighted by Crippen LogP contribution is 2.15. The van der Waals surface area contributed by atoms with E-state index >= 15 is 0 Å². The zero-order valence-electron chi connectivity index (χ0n) is 10.5. The number of ether oxygens (including phenoxy) is 1. The Morgan fingerprint density at radius 1 is 1.53 bits per heavy atom. The Labute approximate surface area is 107 Å². The molecule has 1 N–H and O–H groups in total. The Hall–Kier alpha value is -2.02. The lowest BCUT2D eigenvalue weighted by molar-refractivity contribution is 0.134. The van der Waals surface area contributed by atoms with Crippen LogP contribution in [0.4, 0.5) is 4.39 Å². The topological polar surface area (TPSA) is 85.2 Å². The number of fused-ring (bicyclic) bond motifs is 1. The van der Waals surface area contributed by atoms with E-state index in [0.717, 1.165) is 0 Å². The largest absolute Gasteiger partial charge is 0.403 e. The van der Waals surface area contributed by atoms with Crippen molar-refractivity contribution < 1.29 is 13.5 Å². The first kappa shape index (κ1) is 13.4. The van der Waals surface area contributed by atoms with Gasteiger partial charge in [-0.1, -0.05) is 0 Å². The van der Waals surface area contributed by atoms with Gasteiger partial charge >= 0.3 is 5.63 Å². The zero-order valence-corrected chi connectivity index (χ0v) is 10.5. The molecule has 1 atom stereocenters. The molecule has 2 rings (SSSR count). The van der Waals surface area contributed by atoms with Gasteiger partial charge in [-0.3, -0.25) is 4.79 Å². The van der Waals surface area contributed by atoms with Crippen LogP contribution in [0.25, 0.3) is 11.1 Å². The first-order valence-electron chi connectivity index (χ1n) is 5.81. The van der Waals surface area contributed by atoms with Crippen LogP contribution in [0.2, 0.25) is 0 Å². The highest BCUT2D eigenvalue weighted by Gasteiger charge is 2.15. The van der Waals surface area contributed by atoms with Crippen LogP contribution in [0.5, 0.6) is 0 Å². The standard InChI is InChI=1S/C12H13FN2O4/c1-3-18-5-7-4-8(16)19-12-9(7)11(17)14-10(15-12)6(2)13/h4,6H,3,5H2,1-2H3,(H,14,15,17). The quantitative estimate of drug-likeness (QED) is 0.906. The van der Waals surface area contributed by atoms with Crippen LogP contribution in [0, 0.1) is 0 Å². The van der Waals surface area contributed by atoms with Gasteiger partial charge in [0.25, 0.3) is 5.56 Å². The minimum Gasteiger partial charge on any atom is -0.403 e. The van der Waals surface area contributed by atoms with E-state index in [2.05, 4.69) is 9.97 Å². The SMILES string of the molecule is CCOCc1cc(=O)oc2nc(C(C)F)[nH]c(=O)c12. The maximum atomic E-state index is 13.2. The van der Waals surface area contributed by atoms with Crippen molar-refractivity contribution in [2.75, 3.05) is 6.61 Å². The zero-order chi connectivity index (χ0) is 14.0. The maximum absolute atomic E-state index is 13.2. The summed E-state index contributed by atoms with van der Waals surface area (Å²) in [6, 6.07) is 1.17. The molecule has 1 unspecified atom stereocenters. The molecule has 7 heteroatoms. The van der Waals surface area contributed by atoms with Gasteiger partial charge in [0.1, 0.15) is 11.2 Å². The summed E-state index contributed by atoms with van der Waals surface area (Å²) in [5.41, 5.74) is -1.01. The molecule has 0 aliphatic rings. The first-order valence-corrected chi connectivity index (χ1v) is 5.81. The van der Waals surface area contributed by atoms with Gasteiger partial charge < -0.3 is 14.1 Å². The minimum absolute atomic E-state index is 0.0912. The van der Waals surface area contributed by atoms with Crippen LogP contribution in [0.15, 0.2) is 20.1 Å². The van der Waals surface area contributed by atoms with E-state index in [1.165, 1.54) is 13.0 Å². The number of nitrogens with one attached hydrogen (secondary N) is 1. The average molecular weight is 268 g/mol. The van der Waals surface area contributed by atoms with E-state index in [4.69, 9.17) is 9.15 Å². The maximum Gasteiger partial charge on any atom is 0.337 e. The van der Waals surface area contributed by atoms with Crippen molar-refractivity contribution >= 4 is 11.1 Å². The summed E-state index contributed by atoms with van der Waals surface area (Å²) in [4.78, 5) is 29.5. The molecule has 0 saturated carbocycles. The van der Waals surface area contributed by atoms with Crippen LogP contribution < -0.4 is 11.2 Å². The molecule has 2 heterocycles. The van der Waals surface area contributed by atoms with Crippen LogP contribution in [-0.2, 0) is 11.3 Å². The molecule has 0 aliphatic heterocycles. The molecule has 0 saturated heterocycles. The number of hydrogen-bond acceptors (Lipinski definition) is 5. The molecule has 0 fully saturated rings. The summed E-state index contributed by atoms with van der Waals surface area (Å²) in [5, 5.41) is 0.109. The van der Waals surface area contributed by atoms with Gasteiger partial charge in [-0.05, 0) is 13.8 Å². The molecule has 0 radical (unpaired) electrons. The smallest absolute Gasteiger partial charge is 0.337 e. The first-order chi connectivity index (χ1) is 9.02. The number of hydrogen-bond donors (Lipinski definition) is 1. The van der Waals surface area contributed by atoms with E-state index in [-0.39, 0.29) is 23.5 Å². The molecule has 6 nitrogen and oxygen atoms in total. The monoisotopic (exact) mass is 268 g/mol. The highest BCUT2D eigenvalue weighted by atomic mass is 19.1. The fourth-order valence-corrected chi connectivity index (χ4v) is 1.68. The van der Waals surface area contributed by atoms with E-state index < -0.39 is 17.4 Å². The van der Waals surface area contributed by atoms with Gasteiger partial charge in [-0.2, -0.15) is 4.98 Å². The molecule has 0 amide bonds. The van der Waals surface area contributed by atoms with Gasteiger partial charge in [-0.15, -0.1) is 0 Å². The van der Waals surface area contributed by atoms with Crippen molar-refractivity contribution in [2.24, 2.45) is 0 Å². The predicted molar refractivity (Wildman–Crippen MR) is 65.8 cm³/mol. The molecule has 0 aromatic carbocycles. The summed E-state index contributed by atoms with van der Waals surface area (Å²) in [5.74, 6) is -0.172. The molecule has 0 bridgehead atoms. The van der Waals surface area contributed by atoms with Crippen LogP contribution in [-0.4, -0.2) is 16.6 Å². The molecule has 2 aromatic rings. The van der Waals surface area contributed by atoms with E-state index in [0.29, 0.717) is 12.2 Å². The Bertz CT molecular complexity index is 705. The second kappa shape index (κ2) is 5.31. The number of aromatic amines is 1. The van der Waals surface area contributed by atoms with Crippen molar-refractivity contribution in [3.8, 4) is 0 Å². The van der Waals surface area contributed by atoms with E-state index in [1.807, 2.05) is 0 Å². The molecular formula is C12H13FN2O4. The lowest BCUT2D eigenvalue weighted by Crippen LogP contribution is -2.17. The predicted octanol–water partition coefficient (Wildman–Crippen LogP) is 1.44. The lowest BCUT2D eigenvalue weighted by atomic mass is 10.2. The van der Waals surface area contributed by atoms with Gasteiger partial charge in [0.2, 0.25) is 5.71 Å². The molecule has 102 valence electrons. The normalized spacial score (nSPS) is 12.8. The fraction of sp³-hybridized carbons (Fsp3) is 0.417. The Kier molecular flexibility index (Phi) is 3.75. The minimum atomic E-state index is -1.46. The van der Waals surface area contributed by atoms with E-state index in [1.54, 1.807) is 6.92 Å². The van der Waals surface area contributed by atoms with E-state index in [9.17, 15) is 14.0 Å². The van der Waals surface area contributed by atoms with Gasteiger partial charge in [0, 0.05) is 18.2 Å². The van der Waals surface area contributed by atoms with Gasteiger partial charge in [0.05, 0.1) is 6.61 Å². The third-order valence-electron chi connectivity index (χ3n) is 2.55. The van der Waals surface area contributed by atoms with Crippen LogP contribution >= 0.6 is 0 Å². The Morgan fingerprint density at radius 3 is 2.89 bits per heavy atom. The van der Waals surface area contributed by atoms with Crippen molar-refractivity contribution in [2.45, 2.75) is 26.6 Å². The van der Waals surface area contributed by atoms with Crippen molar-refractivity contribution in [3.63, 3.8) is 0 Å². The second-order valence-corrected chi connectivity index (χ2v) is 3.98. The lowest BCUT2D eigenvalue weighted by Gasteiger charge is -2.06. The summed E-state index contributed by atoms with van der Waals surface area (Å²) >= 11 is 0. The third kappa shape index (κ3) is 2.70. The number of rotatable bonds is 4. The number of aromatic nitrogens is 2. The van der Waals surface area contributed by atoms with Crippen molar-refractivity contribution in [3.05, 3.63) is 38.2 Å². The third-order valence-corrected chi connectivity index (χ3v) is 2.55. The molecular weight excluding hydrogens is 255 g/mol. The Morgan fingerprint density at radius 2 is 2.26 bits per heavy atom. The molecule has 2 aromatic heterocycles. The molecule has 0 spiro atoms. The average Bonchev–Trinajstić information content (AvgIpc) is 2.34. The molecule has 19 heavy (non-hydrogen) atoms. The number of nitrogens with zero attached hydrogens (tertiary/aromatic N) is 1. The highest BCUT2D eigenvalue weighted by molar-refractivity contribution is 5.75. The summed E-state index contributed by atoms with van der Waals surface area (Å²) in [6.07, 6.45) is -1.46. The summed E-state index contributed by atoms with van der Waals surface area (Å²) < 4.78 is 23.2. The van der Waals surface area contributed by atoms with Crippen LogP contribution in [0.3, 0.4) is 0 Å². The van der Waals surface area contributed by atoms with Crippen LogP contribution in [0.1, 0.15) is 31.4 Å². The number of alkyl halides is 1. The fourth-order valence-electron chi connectivity index (χ4n) is 1.68. The van der Waals surface area contributed by atoms with Crippen molar-refractivity contribution in [1.29, 1.82) is 0 Å². The molecule has 0 aliphatic carbocycles. The van der Waals surface area contributed by atoms with Gasteiger partial charge in [0.15, 0.2) is 6.17 Å². The second-order valence-electron chi connectivity index (χ2n) is 3.98.